The Kier molecular flexibility index (Phi) is 6.46. The fourth-order valence-electron chi connectivity index (χ4n) is 2.08. The number of nitrogens with one attached hydrogen (secondary N) is 1. The molecular formula is C16H19F3N4OS. The smallest absolute Gasteiger partial charge is 0.355 e. The summed E-state index contributed by atoms with van der Waals surface area (Å²) in [4.78, 5) is 11.9. The first-order chi connectivity index (χ1) is 11.8. The molecule has 9 heteroatoms. The SMILES string of the molecule is CC(C)n1cnnc1SCC(=O)NCCc1ccc(C(F)(F)F)cc1. The van der Waals surface area contributed by atoms with Crippen molar-refractivity contribution >= 4 is 17.7 Å². The Hall–Kier alpha value is -2.03. The van der Waals surface area contributed by atoms with Crippen molar-refractivity contribution in [2.45, 2.75) is 37.6 Å². The number of halogens is 3. The number of carbonyl (C=O) groups is 1. The predicted molar refractivity (Wildman–Crippen MR) is 89.3 cm³/mol. The van der Waals surface area contributed by atoms with Gasteiger partial charge in [-0.15, -0.1) is 10.2 Å². The predicted octanol–water partition coefficient (Wildman–Crippen LogP) is 3.33. The van der Waals surface area contributed by atoms with E-state index in [0.29, 0.717) is 18.1 Å². The van der Waals surface area contributed by atoms with Crippen molar-refractivity contribution in [1.29, 1.82) is 0 Å². The van der Waals surface area contributed by atoms with E-state index in [2.05, 4.69) is 15.5 Å². The van der Waals surface area contributed by atoms with E-state index < -0.39 is 11.7 Å². The summed E-state index contributed by atoms with van der Waals surface area (Å²) < 4.78 is 39.3. The van der Waals surface area contributed by atoms with Crippen LogP contribution in [0.2, 0.25) is 0 Å². The summed E-state index contributed by atoms with van der Waals surface area (Å²) in [5.41, 5.74) is 0.0615. The molecule has 0 saturated carbocycles. The topological polar surface area (TPSA) is 59.8 Å². The first-order valence-corrected chi connectivity index (χ1v) is 8.71. The van der Waals surface area contributed by atoms with Crippen molar-refractivity contribution < 1.29 is 18.0 Å². The molecule has 1 aromatic heterocycles. The quantitative estimate of drug-likeness (QED) is 0.758. The van der Waals surface area contributed by atoms with E-state index in [4.69, 9.17) is 0 Å². The summed E-state index contributed by atoms with van der Waals surface area (Å²) in [5, 5.41) is 11.2. The summed E-state index contributed by atoms with van der Waals surface area (Å²) in [6.45, 7) is 4.36. The molecule has 0 saturated heterocycles. The summed E-state index contributed by atoms with van der Waals surface area (Å²) in [5.74, 6) is 0.0496. The summed E-state index contributed by atoms with van der Waals surface area (Å²) in [7, 11) is 0. The number of nitrogens with zero attached hydrogens (tertiary/aromatic N) is 3. The number of amides is 1. The number of aromatic nitrogens is 3. The molecule has 0 radical (unpaired) electrons. The molecule has 1 heterocycles. The van der Waals surface area contributed by atoms with Gasteiger partial charge in [0.05, 0.1) is 11.3 Å². The molecule has 25 heavy (non-hydrogen) atoms. The van der Waals surface area contributed by atoms with E-state index in [-0.39, 0.29) is 17.7 Å². The monoisotopic (exact) mass is 372 g/mol. The molecule has 0 unspecified atom stereocenters. The van der Waals surface area contributed by atoms with Crippen LogP contribution in [-0.4, -0.2) is 33.0 Å². The lowest BCUT2D eigenvalue weighted by Crippen LogP contribution is -2.27. The van der Waals surface area contributed by atoms with Crippen LogP contribution in [0.25, 0.3) is 0 Å². The van der Waals surface area contributed by atoms with E-state index >= 15 is 0 Å². The average Bonchev–Trinajstić information content (AvgIpc) is 3.01. The van der Waals surface area contributed by atoms with Gasteiger partial charge in [0, 0.05) is 12.6 Å². The minimum atomic E-state index is -4.33. The number of alkyl halides is 3. The third-order valence-corrected chi connectivity index (χ3v) is 4.40. The molecule has 1 aromatic carbocycles. The Morgan fingerprint density at radius 3 is 2.56 bits per heavy atom. The van der Waals surface area contributed by atoms with Crippen molar-refractivity contribution in [3.63, 3.8) is 0 Å². The third kappa shape index (κ3) is 5.77. The van der Waals surface area contributed by atoms with Gasteiger partial charge in [0.15, 0.2) is 5.16 Å². The second-order valence-corrected chi connectivity index (χ2v) is 6.64. The van der Waals surface area contributed by atoms with Crippen LogP contribution in [0.1, 0.15) is 31.0 Å². The maximum atomic E-state index is 12.5. The highest BCUT2D eigenvalue weighted by Crippen LogP contribution is 2.29. The highest BCUT2D eigenvalue weighted by atomic mass is 32.2. The number of thioether (sulfide) groups is 1. The minimum absolute atomic E-state index is 0.157. The second-order valence-electron chi connectivity index (χ2n) is 5.70. The van der Waals surface area contributed by atoms with Gasteiger partial charge in [0.1, 0.15) is 6.33 Å². The zero-order valence-electron chi connectivity index (χ0n) is 13.9. The molecule has 0 atom stereocenters. The van der Waals surface area contributed by atoms with Gasteiger partial charge in [-0.25, -0.2) is 0 Å². The maximum absolute atomic E-state index is 12.5. The first-order valence-electron chi connectivity index (χ1n) is 7.72. The van der Waals surface area contributed by atoms with Gasteiger partial charge in [0.2, 0.25) is 5.91 Å². The van der Waals surface area contributed by atoms with Crippen LogP contribution in [0, 0.1) is 0 Å². The Balaban J connectivity index is 1.74. The van der Waals surface area contributed by atoms with Gasteiger partial charge in [-0.3, -0.25) is 4.79 Å². The van der Waals surface area contributed by atoms with Crippen LogP contribution < -0.4 is 5.32 Å². The standard InChI is InChI=1S/C16H19F3N4OS/c1-11(2)23-10-21-22-15(23)25-9-14(24)20-8-7-12-3-5-13(6-4-12)16(17,18)19/h3-6,10-11H,7-9H2,1-2H3,(H,20,24). The molecule has 0 aliphatic rings. The molecule has 2 rings (SSSR count). The highest BCUT2D eigenvalue weighted by molar-refractivity contribution is 7.99. The Morgan fingerprint density at radius 2 is 1.96 bits per heavy atom. The van der Waals surface area contributed by atoms with Crippen molar-refractivity contribution in [1.82, 2.24) is 20.1 Å². The van der Waals surface area contributed by atoms with E-state index in [1.165, 1.54) is 23.9 Å². The van der Waals surface area contributed by atoms with Crippen LogP contribution in [0.3, 0.4) is 0 Å². The number of hydrogen-bond acceptors (Lipinski definition) is 4. The lowest BCUT2D eigenvalue weighted by atomic mass is 10.1. The first kappa shape index (κ1) is 19.3. The largest absolute Gasteiger partial charge is 0.416 e. The van der Waals surface area contributed by atoms with Crippen LogP contribution in [0.15, 0.2) is 35.7 Å². The van der Waals surface area contributed by atoms with Gasteiger partial charge < -0.3 is 9.88 Å². The molecule has 0 spiro atoms. The van der Waals surface area contributed by atoms with Crippen molar-refractivity contribution in [3.8, 4) is 0 Å². The summed E-state index contributed by atoms with van der Waals surface area (Å²) in [6.07, 6.45) is -2.24. The molecule has 1 amide bonds. The summed E-state index contributed by atoms with van der Waals surface area (Å²) >= 11 is 1.29. The van der Waals surface area contributed by atoms with E-state index in [0.717, 1.165) is 17.7 Å². The van der Waals surface area contributed by atoms with Crippen LogP contribution >= 0.6 is 11.8 Å². The van der Waals surface area contributed by atoms with Gasteiger partial charge in [0.25, 0.3) is 0 Å². The Bertz CT molecular complexity index is 698. The van der Waals surface area contributed by atoms with Crippen LogP contribution in [-0.2, 0) is 17.4 Å². The maximum Gasteiger partial charge on any atom is 0.416 e. The molecular weight excluding hydrogens is 353 g/mol. The van der Waals surface area contributed by atoms with Gasteiger partial charge in [-0.1, -0.05) is 23.9 Å². The fourth-order valence-corrected chi connectivity index (χ4v) is 2.95. The zero-order valence-corrected chi connectivity index (χ0v) is 14.7. The average molecular weight is 372 g/mol. The van der Waals surface area contributed by atoms with Crippen LogP contribution in [0.4, 0.5) is 13.2 Å². The van der Waals surface area contributed by atoms with Crippen molar-refractivity contribution in [2.75, 3.05) is 12.3 Å². The highest BCUT2D eigenvalue weighted by Gasteiger charge is 2.29. The third-order valence-electron chi connectivity index (χ3n) is 3.45. The van der Waals surface area contributed by atoms with E-state index in [1.54, 1.807) is 6.33 Å². The zero-order chi connectivity index (χ0) is 18.4. The normalized spacial score (nSPS) is 11.8. The minimum Gasteiger partial charge on any atom is -0.355 e. The number of carbonyl (C=O) groups excluding carboxylic acids is 1. The lowest BCUT2D eigenvalue weighted by molar-refractivity contribution is -0.137. The van der Waals surface area contributed by atoms with Crippen LogP contribution in [0.5, 0.6) is 0 Å². The fraction of sp³-hybridized carbons (Fsp3) is 0.438. The molecule has 0 aliphatic heterocycles. The summed E-state index contributed by atoms with van der Waals surface area (Å²) in [6, 6.07) is 5.15. The van der Waals surface area contributed by atoms with E-state index in [9.17, 15) is 18.0 Å². The van der Waals surface area contributed by atoms with Gasteiger partial charge in [-0.2, -0.15) is 13.2 Å². The molecule has 0 fully saturated rings. The van der Waals surface area contributed by atoms with Crippen molar-refractivity contribution in [2.24, 2.45) is 0 Å². The van der Waals surface area contributed by atoms with Gasteiger partial charge in [-0.05, 0) is 38.0 Å². The number of rotatable bonds is 7. The Morgan fingerprint density at radius 1 is 1.28 bits per heavy atom. The molecule has 0 aliphatic carbocycles. The number of benzene rings is 1. The van der Waals surface area contributed by atoms with Gasteiger partial charge >= 0.3 is 6.18 Å². The molecule has 1 N–H and O–H groups in total. The molecule has 2 aromatic rings. The molecule has 0 bridgehead atoms. The lowest BCUT2D eigenvalue weighted by Gasteiger charge is -2.10. The second kappa shape index (κ2) is 8.37. The molecule has 5 nitrogen and oxygen atoms in total. The van der Waals surface area contributed by atoms with E-state index in [1.807, 2.05) is 18.4 Å². The Labute approximate surface area is 148 Å². The number of hydrogen-bond donors (Lipinski definition) is 1. The van der Waals surface area contributed by atoms with Crippen molar-refractivity contribution in [3.05, 3.63) is 41.7 Å². The molecule has 136 valence electrons.